The number of hydrogen-bond donors (Lipinski definition) is 1. The topological polar surface area (TPSA) is 33.1 Å². The molecule has 0 amide bonds. The second-order valence-electron chi connectivity index (χ2n) is 4.21. The van der Waals surface area contributed by atoms with Crippen LogP contribution in [-0.2, 0) is 0 Å². The predicted molar refractivity (Wildman–Crippen MR) is 62.9 cm³/mol. The first-order valence-electron chi connectivity index (χ1n) is 5.39. The number of pyridine rings is 1. The van der Waals surface area contributed by atoms with E-state index in [1.807, 2.05) is 0 Å². The maximum Gasteiger partial charge on any atom is 0.0974 e. The Hall–Kier alpha value is -0.600. The van der Waals surface area contributed by atoms with Crippen LogP contribution < -0.4 is 0 Å². The van der Waals surface area contributed by atoms with Gasteiger partial charge in [-0.1, -0.05) is 38.3 Å². The third kappa shape index (κ3) is 4.18. The van der Waals surface area contributed by atoms with E-state index >= 15 is 0 Å². The molecule has 0 saturated carbocycles. The van der Waals surface area contributed by atoms with Crippen molar-refractivity contribution in [3.8, 4) is 0 Å². The van der Waals surface area contributed by atoms with Gasteiger partial charge in [0.1, 0.15) is 0 Å². The highest BCUT2D eigenvalue weighted by molar-refractivity contribution is 6.31. The molecule has 3 heteroatoms. The molecule has 0 bridgehead atoms. The number of aromatic nitrogens is 1. The molecule has 2 nitrogen and oxygen atoms in total. The van der Waals surface area contributed by atoms with Gasteiger partial charge in [-0.3, -0.25) is 4.98 Å². The molecule has 1 unspecified atom stereocenters. The average Bonchev–Trinajstić information content (AvgIpc) is 2.17. The molecule has 0 saturated heterocycles. The molecule has 0 aliphatic carbocycles. The number of nitrogens with zero attached hydrogens (tertiary/aromatic N) is 1. The maximum atomic E-state index is 9.87. The quantitative estimate of drug-likeness (QED) is 0.834. The third-order valence-corrected chi connectivity index (χ3v) is 2.68. The zero-order chi connectivity index (χ0) is 11.3. The van der Waals surface area contributed by atoms with Crippen LogP contribution in [0.5, 0.6) is 0 Å². The van der Waals surface area contributed by atoms with Gasteiger partial charge in [0.25, 0.3) is 0 Å². The fourth-order valence-corrected chi connectivity index (χ4v) is 1.75. The van der Waals surface area contributed by atoms with Crippen LogP contribution in [0.4, 0.5) is 0 Å². The summed E-state index contributed by atoms with van der Waals surface area (Å²) < 4.78 is 0. The zero-order valence-corrected chi connectivity index (χ0v) is 10.0. The van der Waals surface area contributed by atoms with E-state index in [0.29, 0.717) is 16.6 Å². The smallest absolute Gasteiger partial charge is 0.0974 e. The van der Waals surface area contributed by atoms with Gasteiger partial charge in [0.15, 0.2) is 0 Å². The monoisotopic (exact) mass is 227 g/mol. The van der Waals surface area contributed by atoms with E-state index in [2.05, 4.69) is 18.8 Å². The maximum absolute atomic E-state index is 9.87. The summed E-state index contributed by atoms with van der Waals surface area (Å²) in [7, 11) is 0. The van der Waals surface area contributed by atoms with Crippen LogP contribution in [0.1, 0.15) is 44.9 Å². The zero-order valence-electron chi connectivity index (χ0n) is 9.28. The highest BCUT2D eigenvalue weighted by Gasteiger charge is 2.12. The fourth-order valence-electron chi connectivity index (χ4n) is 1.50. The van der Waals surface area contributed by atoms with Gasteiger partial charge in [0.05, 0.1) is 16.8 Å². The average molecular weight is 228 g/mol. The first kappa shape index (κ1) is 12.5. The molecule has 1 aromatic rings. The van der Waals surface area contributed by atoms with Gasteiger partial charge < -0.3 is 5.11 Å². The molecule has 0 radical (unpaired) electrons. The van der Waals surface area contributed by atoms with E-state index in [0.717, 1.165) is 19.3 Å². The van der Waals surface area contributed by atoms with Crippen molar-refractivity contribution in [2.24, 2.45) is 5.92 Å². The lowest BCUT2D eigenvalue weighted by atomic mass is 10.0. The second-order valence-corrected chi connectivity index (χ2v) is 4.62. The number of halogens is 1. The van der Waals surface area contributed by atoms with Gasteiger partial charge in [0.2, 0.25) is 0 Å². The largest absolute Gasteiger partial charge is 0.387 e. The molecule has 15 heavy (non-hydrogen) atoms. The summed E-state index contributed by atoms with van der Waals surface area (Å²) in [5.74, 6) is 0.677. The Kier molecular flexibility index (Phi) is 5.06. The van der Waals surface area contributed by atoms with Crippen molar-refractivity contribution in [3.63, 3.8) is 0 Å². The lowest BCUT2D eigenvalue weighted by Gasteiger charge is -2.11. The van der Waals surface area contributed by atoms with E-state index in [4.69, 9.17) is 11.6 Å². The molecule has 0 spiro atoms. The Morgan fingerprint density at radius 2 is 2.13 bits per heavy atom. The molecule has 1 heterocycles. The Bertz CT molecular complexity index is 301. The van der Waals surface area contributed by atoms with Crippen LogP contribution in [0.2, 0.25) is 5.02 Å². The fraction of sp³-hybridized carbons (Fsp3) is 0.583. The molecule has 1 atom stereocenters. The predicted octanol–water partition coefficient (Wildman–Crippen LogP) is 3.59. The summed E-state index contributed by atoms with van der Waals surface area (Å²) in [6.45, 7) is 4.36. The highest BCUT2D eigenvalue weighted by Crippen LogP contribution is 2.24. The normalized spacial score (nSPS) is 13.1. The molecule has 0 aliphatic heterocycles. The van der Waals surface area contributed by atoms with E-state index in [9.17, 15) is 5.11 Å². The van der Waals surface area contributed by atoms with Crippen molar-refractivity contribution in [1.29, 1.82) is 0 Å². The molecule has 0 aromatic carbocycles. The summed E-state index contributed by atoms with van der Waals surface area (Å²) in [5, 5.41) is 10.4. The summed E-state index contributed by atoms with van der Waals surface area (Å²) in [6, 6.07) is 3.53. The summed E-state index contributed by atoms with van der Waals surface area (Å²) >= 11 is 5.94. The van der Waals surface area contributed by atoms with Crippen LogP contribution >= 0.6 is 11.6 Å². The Morgan fingerprint density at radius 1 is 1.40 bits per heavy atom. The van der Waals surface area contributed by atoms with Crippen molar-refractivity contribution in [3.05, 3.63) is 29.0 Å². The van der Waals surface area contributed by atoms with E-state index in [1.165, 1.54) is 0 Å². The van der Waals surface area contributed by atoms with Crippen LogP contribution in [0, 0.1) is 5.92 Å². The van der Waals surface area contributed by atoms with Gasteiger partial charge in [-0.15, -0.1) is 0 Å². The summed E-state index contributed by atoms with van der Waals surface area (Å²) in [4.78, 5) is 4.09. The third-order valence-electron chi connectivity index (χ3n) is 2.36. The molecule has 1 rings (SSSR count). The van der Waals surface area contributed by atoms with Crippen molar-refractivity contribution in [2.45, 2.75) is 39.2 Å². The van der Waals surface area contributed by atoms with Crippen LogP contribution in [0.15, 0.2) is 18.3 Å². The minimum absolute atomic E-state index is 0.530. The molecule has 0 aliphatic rings. The van der Waals surface area contributed by atoms with Gasteiger partial charge in [-0.2, -0.15) is 0 Å². The van der Waals surface area contributed by atoms with Crippen molar-refractivity contribution in [2.75, 3.05) is 0 Å². The van der Waals surface area contributed by atoms with Gasteiger partial charge in [-0.25, -0.2) is 0 Å². The van der Waals surface area contributed by atoms with Gasteiger partial charge >= 0.3 is 0 Å². The summed E-state index contributed by atoms with van der Waals surface area (Å²) in [6.07, 6.45) is 3.99. The van der Waals surface area contributed by atoms with Gasteiger partial charge in [0, 0.05) is 6.20 Å². The van der Waals surface area contributed by atoms with Gasteiger partial charge in [-0.05, 0) is 24.5 Å². The Labute approximate surface area is 96.3 Å². The van der Waals surface area contributed by atoms with Crippen LogP contribution in [-0.4, -0.2) is 10.1 Å². The van der Waals surface area contributed by atoms with E-state index < -0.39 is 6.10 Å². The summed E-state index contributed by atoms with van der Waals surface area (Å²) in [5.41, 5.74) is 0.600. The lowest BCUT2D eigenvalue weighted by molar-refractivity contribution is 0.157. The molecular formula is C12H18ClNO. The minimum Gasteiger partial charge on any atom is -0.387 e. The standard InChI is InChI=1S/C12H18ClNO/c1-9(2)5-3-7-11(15)12-10(13)6-4-8-14-12/h4,6,8-9,11,15H,3,5,7H2,1-2H3. The molecule has 1 N–H and O–H groups in total. The second kappa shape index (κ2) is 6.09. The SMILES string of the molecule is CC(C)CCCC(O)c1ncccc1Cl. The van der Waals surface area contributed by atoms with Crippen molar-refractivity contribution in [1.82, 2.24) is 4.98 Å². The molecular weight excluding hydrogens is 210 g/mol. The van der Waals surface area contributed by atoms with E-state index in [-0.39, 0.29) is 0 Å². The number of aliphatic hydroxyl groups excluding tert-OH is 1. The van der Waals surface area contributed by atoms with Crippen molar-refractivity contribution >= 4 is 11.6 Å². The van der Waals surface area contributed by atoms with Crippen LogP contribution in [0.25, 0.3) is 0 Å². The van der Waals surface area contributed by atoms with Crippen molar-refractivity contribution < 1.29 is 5.11 Å². The Morgan fingerprint density at radius 3 is 2.73 bits per heavy atom. The Balaban J connectivity index is 2.47. The van der Waals surface area contributed by atoms with Crippen LogP contribution in [0.3, 0.4) is 0 Å². The highest BCUT2D eigenvalue weighted by atomic mass is 35.5. The minimum atomic E-state index is -0.530. The first-order valence-corrected chi connectivity index (χ1v) is 5.77. The van der Waals surface area contributed by atoms with E-state index in [1.54, 1.807) is 18.3 Å². The number of hydrogen-bond acceptors (Lipinski definition) is 2. The lowest BCUT2D eigenvalue weighted by Crippen LogP contribution is -2.02. The molecule has 0 fully saturated rings. The molecule has 1 aromatic heterocycles. The first-order chi connectivity index (χ1) is 7.11. The number of rotatable bonds is 5. The molecule has 84 valence electrons. The number of aliphatic hydroxyl groups is 1.